The number of nitrogens with one attached hydrogen (secondary N) is 2. The molecule has 2 aromatic carbocycles. The van der Waals surface area contributed by atoms with Gasteiger partial charge < -0.3 is 15.4 Å². The number of carbonyl (C=O) groups is 1. The van der Waals surface area contributed by atoms with Crippen molar-refractivity contribution in [2.75, 3.05) is 36.9 Å². The standard InChI is InChI=1S/C26H28N6O2/c1-18(2)25(33)30-23-8-5-20(15-21(23)16-27)24-9-10-28-26(31-24)29-22-6-3-19(4-7-22)17-32-11-13-34-14-12-32/h3-10,15,18H,11-14,17H2,1-2H3,(H,30,33)(H,28,29,31). The van der Waals surface area contributed by atoms with Crippen molar-refractivity contribution in [3.8, 4) is 17.3 Å². The lowest BCUT2D eigenvalue weighted by molar-refractivity contribution is -0.118. The van der Waals surface area contributed by atoms with E-state index >= 15 is 0 Å². The molecule has 34 heavy (non-hydrogen) atoms. The molecule has 0 bridgehead atoms. The monoisotopic (exact) mass is 456 g/mol. The molecule has 8 heteroatoms. The summed E-state index contributed by atoms with van der Waals surface area (Å²) in [5, 5.41) is 15.6. The first-order valence-corrected chi connectivity index (χ1v) is 11.4. The number of nitrogens with zero attached hydrogens (tertiary/aromatic N) is 4. The number of nitriles is 1. The molecule has 0 saturated carbocycles. The van der Waals surface area contributed by atoms with Crippen LogP contribution in [0.25, 0.3) is 11.3 Å². The Balaban J connectivity index is 1.45. The molecule has 0 unspecified atom stereocenters. The first kappa shape index (κ1) is 23.4. The van der Waals surface area contributed by atoms with Crippen LogP contribution in [0.3, 0.4) is 0 Å². The number of hydrogen-bond donors (Lipinski definition) is 2. The quantitative estimate of drug-likeness (QED) is 0.550. The van der Waals surface area contributed by atoms with Crippen molar-refractivity contribution in [2.45, 2.75) is 20.4 Å². The lowest BCUT2D eigenvalue weighted by Crippen LogP contribution is -2.35. The summed E-state index contributed by atoms with van der Waals surface area (Å²) < 4.78 is 5.41. The third-order valence-corrected chi connectivity index (χ3v) is 5.59. The van der Waals surface area contributed by atoms with Crippen LogP contribution in [-0.4, -0.2) is 47.1 Å². The highest BCUT2D eigenvalue weighted by molar-refractivity contribution is 5.93. The summed E-state index contributed by atoms with van der Waals surface area (Å²) in [6.45, 7) is 8.02. The number of anilines is 3. The maximum Gasteiger partial charge on any atom is 0.227 e. The number of ether oxygens (including phenoxy) is 1. The fourth-order valence-corrected chi connectivity index (χ4v) is 3.60. The largest absolute Gasteiger partial charge is 0.379 e. The number of amides is 1. The molecule has 1 fully saturated rings. The van der Waals surface area contributed by atoms with Gasteiger partial charge in [-0.05, 0) is 35.9 Å². The van der Waals surface area contributed by atoms with Crippen molar-refractivity contribution in [1.82, 2.24) is 14.9 Å². The summed E-state index contributed by atoms with van der Waals surface area (Å²) in [5.41, 5.74) is 4.47. The predicted octanol–water partition coefficient (Wildman–Crippen LogP) is 4.19. The van der Waals surface area contributed by atoms with Crippen LogP contribution < -0.4 is 10.6 Å². The van der Waals surface area contributed by atoms with Gasteiger partial charge in [-0.1, -0.05) is 32.0 Å². The Bertz CT molecular complexity index is 1180. The Morgan fingerprint density at radius 1 is 1.15 bits per heavy atom. The Labute approximate surface area is 199 Å². The van der Waals surface area contributed by atoms with Crippen LogP contribution >= 0.6 is 0 Å². The SMILES string of the molecule is CC(C)C(=O)Nc1ccc(-c2ccnc(Nc3ccc(CN4CCOCC4)cc3)n2)cc1C#N. The van der Waals surface area contributed by atoms with Crippen molar-refractivity contribution in [3.05, 3.63) is 65.9 Å². The van der Waals surface area contributed by atoms with E-state index in [1.54, 1.807) is 24.4 Å². The van der Waals surface area contributed by atoms with Crippen molar-refractivity contribution in [3.63, 3.8) is 0 Å². The van der Waals surface area contributed by atoms with E-state index in [-0.39, 0.29) is 11.8 Å². The second kappa shape index (κ2) is 10.9. The van der Waals surface area contributed by atoms with Crippen LogP contribution in [0.15, 0.2) is 54.7 Å². The Morgan fingerprint density at radius 3 is 2.62 bits per heavy atom. The summed E-state index contributed by atoms with van der Waals surface area (Å²) in [6.07, 6.45) is 1.68. The van der Waals surface area contributed by atoms with Crippen molar-refractivity contribution >= 4 is 23.2 Å². The summed E-state index contributed by atoms with van der Waals surface area (Å²) in [5.74, 6) is 0.165. The molecular formula is C26H28N6O2. The minimum atomic E-state index is -0.171. The van der Waals surface area contributed by atoms with E-state index in [0.29, 0.717) is 22.9 Å². The highest BCUT2D eigenvalue weighted by atomic mass is 16.5. The zero-order chi connectivity index (χ0) is 23.9. The molecule has 1 aliphatic rings. The molecular weight excluding hydrogens is 428 g/mol. The van der Waals surface area contributed by atoms with Gasteiger partial charge in [-0.15, -0.1) is 0 Å². The average Bonchev–Trinajstić information content (AvgIpc) is 2.86. The zero-order valence-corrected chi connectivity index (χ0v) is 19.4. The molecule has 1 aliphatic heterocycles. The van der Waals surface area contributed by atoms with E-state index in [9.17, 15) is 10.1 Å². The van der Waals surface area contributed by atoms with Gasteiger partial charge in [0.1, 0.15) is 6.07 Å². The lowest BCUT2D eigenvalue weighted by atomic mass is 10.1. The van der Waals surface area contributed by atoms with E-state index in [1.165, 1.54) is 5.56 Å². The summed E-state index contributed by atoms with van der Waals surface area (Å²) in [7, 11) is 0. The molecule has 1 saturated heterocycles. The van der Waals surface area contributed by atoms with Crippen molar-refractivity contribution < 1.29 is 9.53 Å². The Morgan fingerprint density at radius 2 is 1.91 bits per heavy atom. The fraction of sp³-hybridized carbons (Fsp3) is 0.308. The van der Waals surface area contributed by atoms with Crippen LogP contribution in [0.1, 0.15) is 25.0 Å². The number of hydrogen-bond acceptors (Lipinski definition) is 7. The van der Waals surface area contributed by atoms with Gasteiger partial charge in [0.2, 0.25) is 11.9 Å². The predicted molar refractivity (Wildman–Crippen MR) is 131 cm³/mol. The van der Waals surface area contributed by atoms with Gasteiger partial charge in [-0.2, -0.15) is 5.26 Å². The summed E-state index contributed by atoms with van der Waals surface area (Å²) >= 11 is 0. The Hall–Kier alpha value is -3.80. The van der Waals surface area contributed by atoms with Crippen LogP contribution in [0.5, 0.6) is 0 Å². The minimum absolute atomic E-state index is 0.131. The maximum absolute atomic E-state index is 12.0. The highest BCUT2D eigenvalue weighted by Gasteiger charge is 2.13. The molecule has 8 nitrogen and oxygen atoms in total. The van der Waals surface area contributed by atoms with Crippen molar-refractivity contribution in [1.29, 1.82) is 5.26 Å². The number of aromatic nitrogens is 2. The smallest absolute Gasteiger partial charge is 0.227 e. The number of rotatable bonds is 7. The molecule has 0 atom stereocenters. The van der Waals surface area contributed by atoms with Crippen molar-refractivity contribution in [2.24, 2.45) is 5.92 Å². The van der Waals surface area contributed by atoms with E-state index < -0.39 is 0 Å². The highest BCUT2D eigenvalue weighted by Crippen LogP contribution is 2.25. The van der Waals surface area contributed by atoms with E-state index in [4.69, 9.17) is 4.74 Å². The van der Waals surface area contributed by atoms with E-state index in [1.807, 2.05) is 32.0 Å². The first-order valence-electron chi connectivity index (χ1n) is 11.4. The first-order chi connectivity index (χ1) is 16.5. The zero-order valence-electron chi connectivity index (χ0n) is 19.4. The molecule has 3 aromatic rings. The second-order valence-corrected chi connectivity index (χ2v) is 8.49. The molecule has 0 spiro atoms. The second-order valence-electron chi connectivity index (χ2n) is 8.49. The third-order valence-electron chi connectivity index (χ3n) is 5.59. The Kier molecular flexibility index (Phi) is 7.48. The van der Waals surface area contributed by atoms with E-state index in [0.717, 1.165) is 44.1 Å². The van der Waals surface area contributed by atoms with Crippen LogP contribution in [0, 0.1) is 17.2 Å². The number of carbonyl (C=O) groups excluding carboxylic acids is 1. The van der Waals surface area contributed by atoms with Gasteiger partial charge in [0, 0.05) is 43.0 Å². The van der Waals surface area contributed by atoms with Gasteiger partial charge in [-0.25, -0.2) is 9.97 Å². The molecule has 0 radical (unpaired) electrons. The number of morpholine rings is 1. The average molecular weight is 457 g/mol. The van der Waals surface area contributed by atoms with Gasteiger partial charge >= 0.3 is 0 Å². The maximum atomic E-state index is 12.0. The van der Waals surface area contributed by atoms with E-state index in [2.05, 4.69) is 43.7 Å². The molecule has 4 rings (SSSR count). The number of benzene rings is 2. The van der Waals surface area contributed by atoms with Gasteiger partial charge in [0.15, 0.2) is 0 Å². The summed E-state index contributed by atoms with van der Waals surface area (Å²) in [4.78, 5) is 23.3. The molecule has 174 valence electrons. The lowest BCUT2D eigenvalue weighted by Gasteiger charge is -2.26. The van der Waals surface area contributed by atoms with Gasteiger partial charge in [0.25, 0.3) is 0 Å². The molecule has 1 aromatic heterocycles. The van der Waals surface area contributed by atoms with Gasteiger partial charge in [-0.3, -0.25) is 9.69 Å². The van der Waals surface area contributed by atoms with Crippen LogP contribution in [0.4, 0.5) is 17.3 Å². The topological polar surface area (TPSA) is 103 Å². The molecule has 0 aliphatic carbocycles. The minimum Gasteiger partial charge on any atom is -0.379 e. The van der Waals surface area contributed by atoms with Gasteiger partial charge in [0.05, 0.1) is 30.2 Å². The molecule has 2 N–H and O–H groups in total. The van der Waals surface area contributed by atoms with Crippen LogP contribution in [-0.2, 0) is 16.1 Å². The third kappa shape index (κ3) is 5.95. The molecule has 1 amide bonds. The molecule has 2 heterocycles. The normalized spacial score (nSPS) is 13.9. The fourth-order valence-electron chi connectivity index (χ4n) is 3.60. The summed E-state index contributed by atoms with van der Waals surface area (Å²) in [6, 6.07) is 17.5. The van der Waals surface area contributed by atoms with Crippen LogP contribution in [0.2, 0.25) is 0 Å².